The van der Waals surface area contributed by atoms with Crippen LogP contribution in [0.3, 0.4) is 0 Å². The Morgan fingerprint density at radius 2 is 1.31 bits per heavy atom. The van der Waals surface area contributed by atoms with Gasteiger partial charge >= 0.3 is 11.9 Å². The lowest BCUT2D eigenvalue weighted by Crippen LogP contribution is -2.31. The molecule has 0 heterocycles. The third-order valence-corrected chi connectivity index (χ3v) is 6.11. The van der Waals surface area contributed by atoms with Crippen molar-refractivity contribution in [3.8, 4) is 0 Å². The Morgan fingerprint density at radius 1 is 0.778 bits per heavy atom. The smallest absolute Gasteiger partial charge is 0.308 e. The molecule has 0 radical (unpaired) electrons. The number of fused-ring (bicyclic) bond motifs is 11. The predicted molar refractivity (Wildman–Crippen MR) is 139 cm³/mol. The van der Waals surface area contributed by atoms with Gasteiger partial charge in [-0.2, -0.15) is 0 Å². The normalized spacial score (nSPS) is 24.6. The summed E-state index contributed by atoms with van der Waals surface area (Å²) in [5.74, 6) is -3.68. The summed E-state index contributed by atoms with van der Waals surface area (Å²) in [6.45, 7) is 12.3. The van der Waals surface area contributed by atoms with Gasteiger partial charge in [0.1, 0.15) is 0 Å². The molecule has 6 heteroatoms. The van der Waals surface area contributed by atoms with Crippen molar-refractivity contribution in [3.05, 3.63) is 69.3 Å². The van der Waals surface area contributed by atoms with E-state index >= 15 is 0 Å². The zero-order valence-corrected chi connectivity index (χ0v) is 22.6. The molecule has 194 valence electrons. The number of hydrogen-bond acceptors (Lipinski definition) is 6. The molecule has 3 rings (SSSR count). The van der Waals surface area contributed by atoms with Gasteiger partial charge in [-0.05, 0) is 73.1 Å². The van der Waals surface area contributed by atoms with Crippen molar-refractivity contribution in [3.63, 3.8) is 0 Å². The van der Waals surface area contributed by atoms with E-state index in [1.54, 1.807) is 0 Å². The molecule has 0 N–H and O–H groups in total. The molecule has 0 unspecified atom stereocenters. The van der Waals surface area contributed by atoms with Crippen LogP contribution in [0.1, 0.15) is 87.0 Å². The average Bonchev–Trinajstić information content (AvgIpc) is 2.75. The highest BCUT2D eigenvalue weighted by Crippen LogP contribution is 2.36. The van der Waals surface area contributed by atoms with Gasteiger partial charge in [0.25, 0.3) is 0 Å². The summed E-state index contributed by atoms with van der Waals surface area (Å²) in [6, 6.07) is 0. The van der Waals surface area contributed by atoms with Crippen LogP contribution >= 0.6 is 0 Å². The molecule has 2 bridgehead atoms. The van der Waals surface area contributed by atoms with Crippen LogP contribution in [0.15, 0.2) is 69.3 Å². The summed E-state index contributed by atoms with van der Waals surface area (Å²) >= 11 is 0. The Labute approximate surface area is 214 Å². The van der Waals surface area contributed by atoms with Crippen molar-refractivity contribution in [2.45, 2.75) is 87.0 Å². The van der Waals surface area contributed by atoms with E-state index < -0.39 is 29.4 Å². The second-order valence-electron chi connectivity index (χ2n) is 9.88. The molecule has 1 atom stereocenters. The molecule has 3 aliphatic rings. The molecule has 0 aromatic heterocycles. The third-order valence-electron chi connectivity index (χ3n) is 6.11. The Morgan fingerprint density at radius 3 is 1.86 bits per heavy atom. The summed E-state index contributed by atoms with van der Waals surface area (Å²) in [6.07, 6.45) is 12.1. The van der Waals surface area contributed by atoms with Crippen LogP contribution in [-0.2, 0) is 28.7 Å². The number of allylic oxidation sites excluding steroid dienone is 10. The lowest BCUT2D eigenvalue weighted by atomic mass is 9.80. The van der Waals surface area contributed by atoms with Gasteiger partial charge in [0.05, 0.1) is 11.1 Å². The molecule has 0 saturated heterocycles. The summed E-state index contributed by atoms with van der Waals surface area (Å²) in [7, 11) is 0. The van der Waals surface area contributed by atoms with Gasteiger partial charge in [0, 0.05) is 19.8 Å². The predicted octanol–water partition coefficient (Wildman–Crippen LogP) is 6.55. The van der Waals surface area contributed by atoms with Crippen LogP contribution in [0.5, 0.6) is 0 Å². The van der Waals surface area contributed by atoms with E-state index in [9.17, 15) is 19.2 Å². The maximum absolute atomic E-state index is 13.8. The lowest BCUT2D eigenvalue weighted by Gasteiger charge is -2.26. The van der Waals surface area contributed by atoms with Gasteiger partial charge in [0.15, 0.2) is 11.5 Å². The number of esters is 2. The van der Waals surface area contributed by atoms with Gasteiger partial charge in [0.2, 0.25) is 11.6 Å². The molecule has 6 nitrogen and oxygen atoms in total. The highest BCUT2D eigenvalue weighted by atomic mass is 16.5. The number of carbonyl (C=O) groups excluding carboxylic acids is 4. The molecular formula is C30H38O6. The molecule has 0 aromatic carbocycles. The van der Waals surface area contributed by atoms with Gasteiger partial charge in [-0.3, -0.25) is 19.2 Å². The maximum Gasteiger partial charge on any atom is 0.308 e. The van der Waals surface area contributed by atoms with Gasteiger partial charge in [-0.1, -0.05) is 46.6 Å². The monoisotopic (exact) mass is 494 g/mol. The maximum atomic E-state index is 13.8. The first-order chi connectivity index (χ1) is 16.9. The Hall–Kier alpha value is -3.28. The summed E-state index contributed by atoms with van der Waals surface area (Å²) in [5, 5.41) is 0. The molecule has 0 aliphatic heterocycles. The topological polar surface area (TPSA) is 86.7 Å². The van der Waals surface area contributed by atoms with E-state index in [-0.39, 0.29) is 29.1 Å². The molecule has 0 amide bonds. The SMILES string of the molecule is CC(=O)OC1=C2C/C=C(/C)CC/C=C(/C)CC/C=C(/C)C[C@@H](C=C(C)C)C(=C(OC(C)=O)C2=O)C1=O. The Bertz CT molecular complexity index is 1120. The van der Waals surface area contributed by atoms with Crippen molar-refractivity contribution >= 4 is 23.5 Å². The fraction of sp³-hybridized carbons (Fsp3) is 0.467. The van der Waals surface area contributed by atoms with Crippen LogP contribution in [0, 0.1) is 5.92 Å². The van der Waals surface area contributed by atoms with Crippen LogP contribution in [0.25, 0.3) is 0 Å². The molecule has 0 spiro atoms. The third kappa shape index (κ3) is 8.14. The summed E-state index contributed by atoms with van der Waals surface area (Å²) in [5.41, 5.74) is 4.42. The highest BCUT2D eigenvalue weighted by Gasteiger charge is 2.41. The first-order valence-corrected chi connectivity index (χ1v) is 12.5. The zero-order valence-electron chi connectivity index (χ0n) is 22.6. The Kier molecular flexibility index (Phi) is 10.6. The van der Waals surface area contributed by atoms with E-state index in [1.807, 2.05) is 39.8 Å². The van der Waals surface area contributed by atoms with Crippen molar-refractivity contribution in [2.24, 2.45) is 5.92 Å². The molecule has 3 aliphatic carbocycles. The molecule has 0 saturated carbocycles. The second-order valence-corrected chi connectivity index (χ2v) is 9.88. The standard InChI is InChI=1S/C30H38O6/c1-18(2)16-24-17-21(5)13-9-11-19(3)10-8-12-20(4)14-15-25-27(33)30(36-23(7)32)26(24)28(34)29(25)35-22(6)31/h10,13-14,16,24H,8-9,11-12,15,17H2,1-7H3/b19-10-,20-14-,21-13-/t24-/m1/s1. The minimum Gasteiger partial charge on any atom is -0.422 e. The number of hydrogen-bond donors (Lipinski definition) is 0. The number of Topliss-reactive ketones (excluding diaryl/α,β-unsaturated/α-hetero) is 2. The van der Waals surface area contributed by atoms with E-state index in [0.717, 1.165) is 42.4 Å². The molecule has 0 fully saturated rings. The summed E-state index contributed by atoms with van der Waals surface area (Å²) < 4.78 is 10.7. The number of ether oxygens (including phenoxy) is 2. The largest absolute Gasteiger partial charge is 0.422 e. The average molecular weight is 495 g/mol. The van der Waals surface area contributed by atoms with E-state index in [2.05, 4.69) is 19.1 Å². The van der Waals surface area contributed by atoms with Crippen LogP contribution in [0.4, 0.5) is 0 Å². The van der Waals surface area contributed by atoms with E-state index in [0.29, 0.717) is 6.42 Å². The van der Waals surface area contributed by atoms with Gasteiger partial charge < -0.3 is 9.47 Å². The summed E-state index contributed by atoms with van der Waals surface area (Å²) in [4.78, 5) is 51.5. The second kappa shape index (κ2) is 13.1. The first-order valence-electron chi connectivity index (χ1n) is 12.5. The van der Waals surface area contributed by atoms with Gasteiger partial charge in [-0.25, -0.2) is 0 Å². The first kappa shape index (κ1) is 29.0. The van der Waals surface area contributed by atoms with Gasteiger partial charge in [-0.15, -0.1) is 0 Å². The molecule has 36 heavy (non-hydrogen) atoms. The number of ketones is 2. The quantitative estimate of drug-likeness (QED) is 0.251. The van der Waals surface area contributed by atoms with E-state index in [1.165, 1.54) is 19.4 Å². The highest BCUT2D eigenvalue weighted by molar-refractivity contribution is 6.25. The number of carbonyl (C=O) groups is 4. The Balaban J connectivity index is 2.79. The zero-order chi connectivity index (χ0) is 27.0. The minimum atomic E-state index is -0.694. The fourth-order valence-electron chi connectivity index (χ4n) is 4.39. The van der Waals surface area contributed by atoms with E-state index in [4.69, 9.17) is 9.47 Å². The van der Waals surface area contributed by atoms with Crippen molar-refractivity contribution < 1.29 is 28.7 Å². The fourth-order valence-corrected chi connectivity index (χ4v) is 4.39. The number of rotatable bonds is 3. The van der Waals surface area contributed by atoms with Crippen LogP contribution < -0.4 is 0 Å². The van der Waals surface area contributed by atoms with Crippen LogP contribution in [-0.4, -0.2) is 23.5 Å². The minimum absolute atomic E-state index is 0.0220. The van der Waals surface area contributed by atoms with Crippen molar-refractivity contribution in [2.75, 3.05) is 0 Å². The molecular weight excluding hydrogens is 456 g/mol. The van der Waals surface area contributed by atoms with Crippen molar-refractivity contribution in [1.29, 1.82) is 0 Å². The van der Waals surface area contributed by atoms with Crippen LogP contribution in [0.2, 0.25) is 0 Å². The van der Waals surface area contributed by atoms with Crippen molar-refractivity contribution in [1.82, 2.24) is 0 Å². The lowest BCUT2D eigenvalue weighted by molar-refractivity contribution is -0.142. The molecule has 0 aromatic rings.